The largest absolute Gasteiger partial charge is 0.416 e. The minimum atomic E-state index is -4.46. The van der Waals surface area contributed by atoms with Crippen LogP contribution in [0.3, 0.4) is 0 Å². The van der Waals surface area contributed by atoms with Gasteiger partial charge in [0.25, 0.3) is 5.91 Å². The number of aromatic amines is 1. The lowest BCUT2D eigenvalue weighted by atomic mass is 10.2. The van der Waals surface area contributed by atoms with Gasteiger partial charge in [0.15, 0.2) is 28.4 Å². The number of nitrogens with zero attached hydrogens (tertiary/aromatic N) is 7. The second-order valence-electron chi connectivity index (χ2n) is 7.23. The number of halogens is 3. The Balaban J connectivity index is 1.37. The van der Waals surface area contributed by atoms with E-state index in [2.05, 4.69) is 40.7 Å². The summed E-state index contributed by atoms with van der Waals surface area (Å²) in [6.07, 6.45) is -3.22. The van der Waals surface area contributed by atoms with Gasteiger partial charge < -0.3 is 14.8 Å². The number of H-pyrrole nitrogens is 1. The van der Waals surface area contributed by atoms with Gasteiger partial charge in [0.2, 0.25) is 0 Å². The topological polar surface area (TPSA) is 140 Å². The van der Waals surface area contributed by atoms with Crippen molar-refractivity contribution in [2.24, 2.45) is 7.05 Å². The third-order valence-corrected chi connectivity index (χ3v) is 4.96. The van der Waals surface area contributed by atoms with Crippen LogP contribution in [0.5, 0.6) is 0 Å². The maximum atomic E-state index is 12.9. The van der Waals surface area contributed by atoms with Crippen molar-refractivity contribution in [3.05, 3.63) is 47.6 Å². The Hall–Kier alpha value is -4.36. The first-order valence-corrected chi connectivity index (χ1v) is 9.56. The van der Waals surface area contributed by atoms with Crippen LogP contribution in [0.1, 0.15) is 34.8 Å². The van der Waals surface area contributed by atoms with E-state index in [4.69, 9.17) is 4.52 Å². The summed E-state index contributed by atoms with van der Waals surface area (Å²) in [4.78, 5) is 27.8. The summed E-state index contributed by atoms with van der Waals surface area (Å²) in [5.41, 5.74) is 0.755. The highest BCUT2D eigenvalue weighted by Gasteiger charge is 2.31. The van der Waals surface area contributed by atoms with Gasteiger partial charge in [-0.2, -0.15) is 13.2 Å². The summed E-state index contributed by atoms with van der Waals surface area (Å²) in [6, 6.07) is 4.13. The van der Waals surface area contributed by atoms with E-state index >= 15 is 0 Å². The molecule has 2 N–H and O–H groups in total. The molecule has 11 nitrogen and oxygen atoms in total. The Morgan fingerprint density at radius 3 is 2.85 bits per heavy atom. The zero-order valence-electron chi connectivity index (χ0n) is 17.0. The summed E-state index contributed by atoms with van der Waals surface area (Å²) in [5.74, 6) is 0.0194. The van der Waals surface area contributed by atoms with E-state index in [0.29, 0.717) is 16.9 Å². The van der Waals surface area contributed by atoms with E-state index in [1.165, 1.54) is 23.1 Å². The number of carbonyl (C=O) groups excluding carboxylic acids is 1. The van der Waals surface area contributed by atoms with Gasteiger partial charge in [0.05, 0.1) is 22.6 Å². The fourth-order valence-electron chi connectivity index (χ4n) is 3.27. The Kier molecular flexibility index (Phi) is 4.58. The standard InChI is InChI=1S/C19H14F3N9O2/c1-8(25-18(32)15-14-17(24-7-23-15)31(2)30-28-14)13-6-12(29-33-13)16-26-10-4-3-9(19(20,21)22)5-11(10)27-16/h3-8H,1-2H3,(H,25,32)(H,26,27)/t8-/m1/s1. The fourth-order valence-corrected chi connectivity index (χ4v) is 3.27. The summed E-state index contributed by atoms with van der Waals surface area (Å²) in [6.45, 7) is 1.67. The van der Waals surface area contributed by atoms with Crippen LogP contribution in [0, 0.1) is 0 Å². The molecule has 0 aliphatic carbocycles. The van der Waals surface area contributed by atoms with Crippen molar-refractivity contribution in [1.82, 2.24) is 45.4 Å². The minimum Gasteiger partial charge on any atom is -0.358 e. The lowest BCUT2D eigenvalue weighted by Gasteiger charge is -2.09. The van der Waals surface area contributed by atoms with Crippen molar-refractivity contribution in [2.75, 3.05) is 0 Å². The Labute approximate surface area is 182 Å². The molecule has 4 heterocycles. The number of amides is 1. The number of aromatic nitrogens is 8. The minimum absolute atomic E-state index is 0.0532. The zero-order chi connectivity index (χ0) is 23.3. The van der Waals surface area contributed by atoms with E-state index < -0.39 is 23.7 Å². The first-order valence-electron chi connectivity index (χ1n) is 9.56. The molecule has 1 aromatic carbocycles. The summed E-state index contributed by atoms with van der Waals surface area (Å²) in [5, 5.41) is 14.4. The summed E-state index contributed by atoms with van der Waals surface area (Å²) < 4.78 is 45.6. The number of aryl methyl sites for hydroxylation is 1. The molecule has 5 aromatic rings. The normalized spacial score (nSPS) is 13.0. The fraction of sp³-hybridized carbons (Fsp3) is 0.211. The molecule has 0 fully saturated rings. The third kappa shape index (κ3) is 3.64. The first-order chi connectivity index (χ1) is 15.7. The van der Waals surface area contributed by atoms with E-state index in [0.717, 1.165) is 12.1 Å². The van der Waals surface area contributed by atoms with Crippen LogP contribution in [0.2, 0.25) is 0 Å². The van der Waals surface area contributed by atoms with Crippen molar-refractivity contribution in [3.8, 4) is 11.5 Å². The average Bonchev–Trinajstić information content (AvgIpc) is 3.50. The van der Waals surface area contributed by atoms with Crippen molar-refractivity contribution in [3.63, 3.8) is 0 Å². The molecule has 0 aliphatic rings. The number of fused-ring (bicyclic) bond motifs is 2. The summed E-state index contributed by atoms with van der Waals surface area (Å²) >= 11 is 0. The van der Waals surface area contributed by atoms with Gasteiger partial charge >= 0.3 is 6.18 Å². The monoisotopic (exact) mass is 457 g/mol. The average molecular weight is 457 g/mol. The third-order valence-electron chi connectivity index (χ3n) is 4.96. The Bertz CT molecular complexity index is 1500. The van der Waals surface area contributed by atoms with Gasteiger partial charge in [0.1, 0.15) is 12.0 Å². The zero-order valence-corrected chi connectivity index (χ0v) is 17.0. The van der Waals surface area contributed by atoms with Crippen LogP contribution in [0.4, 0.5) is 13.2 Å². The quantitative estimate of drug-likeness (QED) is 0.420. The smallest absolute Gasteiger partial charge is 0.358 e. The van der Waals surface area contributed by atoms with Gasteiger partial charge in [-0.25, -0.2) is 19.6 Å². The summed E-state index contributed by atoms with van der Waals surface area (Å²) in [7, 11) is 1.64. The van der Waals surface area contributed by atoms with Crippen LogP contribution in [-0.2, 0) is 13.2 Å². The van der Waals surface area contributed by atoms with Crippen LogP contribution in [0.25, 0.3) is 33.7 Å². The molecule has 14 heteroatoms. The molecule has 0 bridgehead atoms. The highest BCUT2D eigenvalue weighted by atomic mass is 19.4. The van der Waals surface area contributed by atoms with E-state index in [-0.39, 0.29) is 28.2 Å². The number of carbonyl (C=O) groups is 1. The van der Waals surface area contributed by atoms with Gasteiger partial charge in [-0.05, 0) is 25.1 Å². The van der Waals surface area contributed by atoms with Crippen molar-refractivity contribution in [2.45, 2.75) is 19.1 Å². The van der Waals surface area contributed by atoms with E-state index in [1.807, 2.05) is 0 Å². The lowest BCUT2D eigenvalue weighted by molar-refractivity contribution is -0.137. The second-order valence-corrected chi connectivity index (χ2v) is 7.23. The SMILES string of the molecule is C[C@@H](NC(=O)c1ncnc2c1nnn2C)c1cc(-c2nc3ccc(C(F)(F)F)cc3[nH]2)no1. The Morgan fingerprint density at radius 1 is 1.24 bits per heavy atom. The van der Waals surface area contributed by atoms with Crippen molar-refractivity contribution < 1.29 is 22.5 Å². The van der Waals surface area contributed by atoms with Gasteiger partial charge in [0, 0.05) is 13.1 Å². The van der Waals surface area contributed by atoms with Gasteiger partial charge in [-0.1, -0.05) is 10.4 Å². The Morgan fingerprint density at radius 2 is 2.06 bits per heavy atom. The number of hydrogen-bond acceptors (Lipinski definition) is 8. The molecule has 1 amide bonds. The molecule has 5 rings (SSSR count). The first kappa shape index (κ1) is 20.5. The van der Waals surface area contributed by atoms with Gasteiger partial charge in [-0.3, -0.25) is 4.79 Å². The molecule has 0 spiro atoms. The van der Waals surface area contributed by atoms with Crippen LogP contribution in [0.15, 0.2) is 35.1 Å². The van der Waals surface area contributed by atoms with Crippen LogP contribution in [-0.4, -0.2) is 46.0 Å². The molecule has 0 saturated carbocycles. The molecule has 33 heavy (non-hydrogen) atoms. The van der Waals surface area contributed by atoms with E-state index in [1.54, 1.807) is 14.0 Å². The molecule has 0 aliphatic heterocycles. The number of benzene rings is 1. The number of nitrogens with one attached hydrogen (secondary N) is 2. The molecule has 168 valence electrons. The van der Waals surface area contributed by atoms with Crippen LogP contribution >= 0.6 is 0 Å². The number of alkyl halides is 3. The van der Waals surface area contributed by atoms with E-state index in [9.17, 15) is 18.0 Å². The maximum absolute atomic E-state index is 12.9. The molecule has 4 aromatic heterocycles. The molecule has 1 atom stereocenters. The predicted molar refractivity (Wildman–Crippen MR) is 107 cm³/mol. The predicted octanol–water partition coefficient (Wildman–Crippen LogP) is 2.80. The highest BCUT2D eigenvalue weighted by molar-refractivity contribution is 6.02. The molecule has 0 radical (unpaired) electrons. The van der Waals surface area contributed by atoms with Crippen molar-refractivity contribution in [1.29, 1.82) is 0 Å². The maximum Gasteiger partial charge on any atom is 0.416 e. The van der Waals surface area contributed by atoms with Gasteiger partial charge in [-0.15, -0.1) is 5.10 Å². The lowest BCUT2D eigenvalue weighted by Crippen LogP contribution is -2.27. The second kappa shape index (κ2) is 7.36. The molecular formula is C19H14F3N9O2. The highest BCUT2D eigenvalue weighted by Crippen LogP contribution is 2.32. The van der Waals surface area contributed by atoms with Crippen LogP contribution < -0.4 is 5.32 Å². The molecular weight excluding hydrogens is 443 g/mol. The number of hydrogen-bond donors (Lipinski definition) is 2. The molecule has 0 saturated heterocycles. The molecule has 0 unspecified atom stereocenters. The number of rotatable bonds is 4. The van der Waals surface area contributed by atoms with Crippen molar-refractivity contribution >= 4 is 28.1 Å². The number of imidazole rings is 1.